The van der Waals surface area contributed by atoms with Gasteiger partial charge in [-0.05, 0) is 19.8 Å². The van der Waals surface area contributed by atoms with Crippen molar-refractivity contribution in [2.45, 2.75) is 116 Å². The van der Waals surface area contributed by atoms with Crippen LogP contribution in [0.2, 0.25) is 0 Å². The van der Waals surface area contributed by atoms with Gasteiger partial charge in [-0.15, -0.1) is 0 Å². The summed E-state index contributed by atoms with van der Waals surface area (Å²) in [6.45, 7) is 7.90. The average molecular weight is 324 g/mol. The van der Waals surface area contributed by atoms with Gasteiger partial charge >= 0.3 is 0 Å². The highest BCUT2D eigenvalue weighted by Gasteiger charge is 2.30. The second-order valence-electron chi connectivity index (χ2n) is 7.51. The lowest BCUT2D eigenvalue weighted by Gasteiger charge is -2.37. The Kier molecular flexibility index (Phi) is 11.4. The van der Waals surface area contributed by atoms with Crippen LogP contribution in [0.25, 0.3) is 0 Å². The topological polar surface area (TPSA) is 27.6 Å². The average Bonchev–Trinajstić information content (AvgIpc) is 3.11. The van der Waals surface area contributed by atoms with E-state index in [9.17, 15) is 0 Å². The van der Waals surface area contributed by atoms with Crippen LogP contribution in [-0.4, -0.2) is 23.3 Å². The molecular formula is C20H41N3. The molecule has 3 heteroatoms. The van der Waals surface area contributed by atoms with Gasteiger partial charge in [0, 0.05) is 11.8 Å². The molecule has 0 radical (unpaired) electrons. The van der Waals surface area contributed by atoms with Crippen LogP contribution in [0.4, 0.5) is 0 Å². The van der Waals surface area contributed by atoms with Crippen molar-refractivity contribution in [2.75, 3.05) is 6.54 Å². The van der Waals surface area contributed by atoms with Crippen molar-refractivity contribution in [1.29, 1.82) is 0 Å². The monoisotopic (exact) mass is 323 g/mol. The molecule has 0 aromatic rings. The fourth-order valence-electron chi connectivity index (χ4n) is 3.46. The highest BCUT2D eigenvalue weighted by Crippen LogP contribution is 2.26. The number of hydrazine groups is 1. The van der Waals surface area contributed by atoms with Crippen LogP contribution in [0.15, 0.2) is 5.10 Å². The summed E-state index contributed by atoms with van der Waals surface area (Å²) in [5.74, 6) is 0. The summed E-state index contributed by atoms with van der Waals surface area (Å²) in [5, 5.41) is 6.44. The molecule has 0 aliphatic carbocycles. The molecule has 0 fully saturated rings. The van der Waals surface area contributed by atoms with Crippen LogP contribution in [0.1, 0.15) is 111 Å². The molecule has 0 bridgehead atoms. The minimum Gasteiger partial charge on any atom is -0.240 e. The number of nitrogens with one attached hydrogen (secondary N) is 1. The summed E-state index contributed by atoms with van der Waals surface area (Å²) >= 11 is 0. The summed E-state index contributed by atoms with van der Waals surface area (Å²) in [6, 6.07) is 0. The van der Waals surface area contributed by atoms with E-state index in [0.717, 1.165) is 6.54 Å². The Labute approximate surface area is 145 Å². The van der Waals surface area contributed by atoms with Gasteiger partial charge in [0.05, 0.1) is 6.54 Å². The molecule has 1 aliphatic rings. The maximum Gasteiger partial charge on any atom is 0.0573 e. The lowest BCUT2D eigenvalue weighted by atomic mass is 9.90. The number of nitrogens with zero attached hydrogens (tertiary/aromatic N) is 2. The fourth-order valence-corrected chi connectivity index (χ4v) is 3.46. The third-order valence-electron chi connectivity index (χ3n) is 5.52. The van der Waals surface area contributed by atoms with E-state index in [1.807, 2.05) is 6.21 Å². The van der Waals surface area contributed by atoms with Gasteiger partial charge in [0.2, 0.25) is 0 Å². The van der Waals surface area contributed by atoms with Crippen LogP contribution in [-0.2, 0) is 0 Å². The predicted molar refractivity (Wildman–Crippen MR) is 103 cm³/mol. The highest BCUT2D eigenvalue weighted by atomic mass is 15.7. The second-order valence-corrected chi connectivity index (χ2v) is 7.51. The van der Waals surface area contributed by atoms with Crippen LogP contribution < -0.4 is 5.53 Å². The van der Waals surface area contributed by atoms with Crippen molar-refractivity contribution in [2.24, 2.45) is 5.10 Å². The first-order valence-corrected chi connectivity index (χ1v) is 10.3. The number of rotatable bonds is 15. The first kappa shape index (κ1) is 20.5. The van der Waals surface area contributed by atoms with Gasteiger partial charge in [-0.1, -0.05) is 90.9 Å². The molecule has 0 saturated carbocycles. The SMILES string of the molecule is CCCCCCCCCCCCCCC(C)(CC)N1CC=NN1. The van der Waals surface area contributed by atoms with E-state index in [0.29, 0.717) is 0 Å². The minimum absolute atomic E-state index is 0.259. The third-order valence-corrected chi connectivity index (χ3v) is 5.52. The van der Waals surface area contributed by atoms with E-state index < -0.39 is 0 Å². The highest BCUT2D eigenvalue weighted by molar-refractivity contribution is 5.60. The lowest BCUT2D eigenvalue weighted by Crippen LogP contribution is -2.49. The summed E-state index contributed by atoms with van der Waals surface area (Å²) < 4.78 is 0. The molecule has 1 aliphatic heterocycles. The molecule has 136 valence electrons. The van der Waals surface area contributed by atoms with Crippen LogP contribution in [0.5, 0.6) is 0 Å². The number of hydrogen-bond acceptors (Lipinski definition) is 3. The third kappa shape index (κ3) is 8.74. The van der Waals surface area contributed by atoms with Gasteiger partial charge in [-0.2, -0.15) is 10.1 Å². The maximum atomic E-state index is 4.14. The zero-order valence-corrected chi connectivity index (χ0v) is 16.1. The van der Waals surface area contributed by atoms with Crippen LogP contribution in [0.3, 0.4) is 0 Å². The number of unbranched alkanes of at least 4 members (excludes halogenated alkanes) is 11. The molecule has 0 spiro atoms. The predicted octanol–water partition coefficient (Wildman–Crippen LogP) is 6.05. The molecule has 3 nitrogen and oxygen atoms in total. The largest absolute Gasteiger partial charge is 0.240 e. The van der Waals surface area contributed by atoms with Crippen LogP contribution >= 0.6 is 0 Å². The van der Waals surface area contributed by atoms with Crippen LogP contribution in [0, 0.1) is 0 Å². The minimum atomic E-state index is 0.259. The van der Waals surface area contributed by atoms with E-state index in [1.165, 1.54) is 89.9 Å². The number of hydrazone groups is 1. The normalized spacial score (nSPS) is 17.3. The number of hydrogen-bond donors (Lipinski definition) is 1. The summed E-state index contributed by atoms with van der Waals surface area (Å²) in [6.07, 6.45) is 21.5. The molecule has 1 atom stereocenters. The molecule has 1 heterocycles. The van der Waals surface area contributed by atoms with Gasteiger partial charge in [0.25, 0.3) is 0 Å². The van der Waals surface area contributed by atoms with Crippen molar-refractivity contribution < 1.29 is 0 Å². The summed E-state index contributed by atoms with van der Waals surface area (Å²) in [4.78, 5) is 0. The molecule has 1 rings (SSSR count). The molecule has 1 N–H and O–H groups in total. The zero-order chi connectivity index (χ0) is 16.8. The summed E-state index contributed by atoms with van der Waals surface area (Å²) in [5.41, 5.74) is 3.40. The van der Waals surface area contributed by atoms with Gasteiger partial charge in [0.1, 0.15) is 0 Å². The van der Waals surface area contributed by atoms with Crippen molar-refractivity contribution in [3.8, 4) is 0 Å². The van der Waals surface area contributed by atoms with Crippen molar-refractivity contribution in [3.05, 3.63) is 0 Å². The fraction of sp³-hybridized carbons (Fsp3) is 0.950. The Balaban J connectivity index is 1.90. The van der Waals surface area contributed by atoms with E-state index >= 15 is 0 Å². The smallest absolute Gasteiger partial charge is 0.0573 e. The van der Waals surface area contributed by atoms with Gasteiger partial charge in [-0.25, -0.2) is 5.53 Å². The van der Waals surface area contributed by atoms with Crippen molar-refractivity contribution in [3.63, 3.8) is 0 Å². The first-order valence-electron chi connectivity index (χ1n) is 10.3. The second kappa shape index (κ2) is 12.8. The van der Waals surface area contributed by atoms with Crippen molar-refractivity contribution >= 4 is 6.21 Å². The zero-order valence-electron chi connectivity index (χ0n) is 16.1. The Morgan fingerprint density at radius 2 is 1.39 bits per heavy atom. The Bertz CT molecular complexity index is 295. The first-order chi connectivity index (χ1) is 11.2. The van der Waals surface area contributed by atoms with Gasteiger partial charge < -0.3 is 0 Å². The maximum absolute atomic E-state index is 4.14. The lowest BCUT2D eigenvalue weighted by molar-refractivity contribution is 0.0640. The molecule has 0 aromatic heterocycles. The molecule has 23 heavy (non-hydrogen) atoms. The van der Waals surface area contributed by atoms with Crippen molar-refractivity contribution in [1.82, 2.24) is 10.5 Å². The quantitative estimate of drug-likeness (QED) is 0.371. The molecular weight excluding hydrogens is 282 g/mol. The van der Waals surface area contributed by atoms with E-state index in [-0.39, 0.29) is 5.54 Å². The molecule has 0 amide bonds. The van der Waals surface area contributed by atoms with Gasteiger partial charge in [-0.3, -0.25) is 0 Å². The van der Waals surface area contributed by atoms with E-state index in [2.05, 4.69) is 36.4 Å². The standard InChI is InChI=1S/C20H41N3/c1-4-6-7-8-9-10-11-12-13-14-15-16-17-20(3,5-2)23-19-18-21-22-23/h18,22H,4-17,19H2,1-3H3. The van der Waals surface area contributed by atoms with Gasteiger partial charge in [0.15, 0.2) is 0 Å². The molecule has 0 saturated heterocycles. The molecule has 0 aromatic carbocycles. The summed E-state index contributed by atoms with van der Waals surface area (Å²) in [7, 11) is 0. The Morgan fingerprint density at radius 1 is 0.870 bits per heavy atom. The Morgan fingerprint density at radius 3 is 1.83 bits per heavy atom. The molecule has 1 unspecified atom stereocenters. The van der Waals surface area contributed by atoms with E-state index in [4.69, 9.17) is 0 Å². The Hall–Kier alpha value is -0.570. The van der Waals surface area contributed by atoms with E-state index in [1.54, 1.807) is 0 Å².